The summed E-state index contributed by atoms with van der Waals surface area (Å²) in [4.78, 5) is 15.4. The van der Waals surface area contributed by atoms with E-state index >= 15 is 0 Å². The number of esters is 1. The molecular formula is C10H18O4. The minimum atomic E-state index is -0.713. The molecular weight excluding hydrogens is 184 g/mol. The first-order valence-electron chi connectivity index (χ1n) is 4.62. The van der Waals surface area contributed by atoms with Crippen molar-refractivity contribution < 1.29 is 19.7 Å². The van der Waals surface area contributed by atoms with Gasteiger partial charge in [-0.1, -0.05) is 19.9 Å². The zero-order valence-electron chi connectivity index (χ0n) is 8.90. The van der Waals surface area contributed by atoms with Gasteiger partial charge in [-0.05, 0) is 12.8 Å². The van der Waals surface area contributed by atoms with Crippen LogP contribution in [-0.4, -0.2) is 23.9 Å². The molecule has 1 N–H and O–H groups in total. The van der Waals surface area contributed by atoms with Gasteiger partial charge in [-0.25, -0.2) is 4.89 Å². The molecule has 82 valence electrons. The van der Waals surface area contributed by atoms with E-state index in [0.29, 0.717) is 12.5 Å². The van der Waals surface area contributed by atoms with E-state index in [1.807, 2.05) is 13.8 Å². The van der Waals surface area contributed by atoms with E-state index in [2.05, 4.69) is 11.5 Å². The first-order valence-corrected chi connectivity index (χ1v) is 4.62. The fraction of sp³-hybridized carbons (Fsp3) is 0.700. The van der Waals surface area contributed by atoms with Crippen molar-refractivity contribution in [3.05, 3.63) is 12.7 Å². The molecule has 0 aliphatic carbocycles. The number of carbonyl (C=O) groups excluding carboxylic acids is 1. The van der Waals surface area contributed by atoms with Crippen molar-refractivity contribution in [3.8, 4) is 0 Å². The van der Waals surface area contributed by atoms with Crippen LogP contribution in [0.4, 0.5) is 0 Å². The number of ether oxygens (including phenoxy) is 1. The summed E-state index contributed by atoms with van der Waals surface area (Å²) in [6, 6.07) is 0. The molecule has 0 heterocycles. The maximum absolute atomic E-state index is 11.3. The Labute approximate surface area is 84.4 Å². The molecule has 0 saturated carbocycles. The van der Waals surface area contributed by atoms with E-state index in [1.165, 1.54) is 6.08 Å². The van der Waals surface area contributed by atoms with Crippen molar-refractivity contribution >= 4 is 5.97 Å². The van der Waals surface area contributed by atoms with Crippen LogP contribution < -0.4 is 0 Å². The summed E-state index contributed by atoms with van der Waals surface area (Å²) < 4.78 is 4.97. The van der Waals surface area contributed by atoms with Crippen molar-refractivity contribution in [3.63, 3.8) is 0 Å². The van der Waals surface area contributed by atoms with Crippen LogP contribution in [0.5, 0.6) is 0 Å². The quantitative estimate of drug-likeness (QED) is 0.309. The lowest BCUT2D eigenvalue weighted by Crippen LogP contribution is -2.28. The van der Waals surface area contributed by atoms with Gasteiger partial charge in [-0.15, -0.1) is 6.58 Å². The maximum atomic E-state index is 11.3. The first-order chi connectivity index (χ1) is 6.52. The Morgan fingerprint density at radius 2 is 2.07 bits per heavy atom. The molecule has 0 aromatic rings. The van der Waals surface area contributed by atoms with E-state index in [9.17, 15) is 4.79 Å². The standard InChI is InChI=1S/C10H18O4/c1-5-9(14-12)8(4)10(11)13-6-7(2)3/h5,7-9,12H,1,6H2,2-4H3/t8-,9+/m1/s1. The van der Waals surface area contributed by atoms with Gasteiger partial charge in [0.25, 0.3) is 0 Å². The van der Waals surface area contributed by atoms with E-state index in [0.717, 1.165) is 0 Å². The monoisotopic (exact) mass is 202 g/mol. The molecule has 4 nitrogen and oxygen atoms in total. The van der Waals surface area contributed by atoms with E-state index < -0.39 is 18.0 Å². The first kappa shape index (κ1) is 13.1. The van der Waals surface area contributed by atoms with E-state index in [1.54, 1.807) is 6.92 Å². The van der Waals surface area contributed by atoms with Gasteiger partial charge in [0.2, 0.25) is 0 Å². The van der Waals surface area contributed by atoms with Crippen LogP contribution in [0, 0.1) is 11.8 Å². The highest BCUT2D eigenvalue weighted by Gasteiger charge is 2.24. The molecule has 0 spiro atoms. The predicted molar refractivity (Wildman–Crippen MR) is 52.7 cm³/mol. The number of rotatable bonds is 6. The molecule has 2 atom stereocenters. The summed E-state index contributed by atoms with van der Waals surface area (Å²) >= 11 is 0. The van der Waals surface area contributed by atoms with Gasteiger partial charge < -0.3 is 4.74 Å². The molecule has 0 radical (unpaired) electrons. The van der Waals surface area contributed by atoms with Crippen LogP contribution >= 0.6 is 0 Å². The highest BCUT2D eigenvalue weighted by Crippen LogP contribution is 2.10. The molecule has 0 aromatic heterocycles. The van der Waals surface area contributed by atoms with Crippen molar-refractivity contribution in [1.29, 1.82) is 0 Å². The van der Waals surface area contributed by atoms with Crippen molar-refractivity contribution in [1.82, 2.24) is 0 Å². The van der Waals surface area contributed by atoms with Gasteiger partial charge in [0.15, 0.2) is 0 Å². The molecule has 0 saturated heterocycles. The number of hydrogen-bond acceptors (Lipinski definition) is 4. The summed E-state index contributed by atoms with van der Waals surface area (Å²) in [7, 11) is 0. The zero-order chi connectivity index (χ0) is 11.1. The van der Waals surface area contributed by atoms with Crippen LogP contribution in [0.3, 0.4) is 0 Å². The molecule has 0 fully saturated rings. The van der Waals surface area contributed by atoms with Crippen LogP contribution in [0.2, 0.25) is 0 Å². The fourth-order valence-electron chi connectivity index (χ4n) is 0.853. The maximum Gasteiger partial charge on any atom is 0.311 e. The third-order valence-corrected chi connectivity index (χ3v) is 1.78. The Balaban J connectivity index is 4.03. The summed E-state index contributed by atoms with van der Waals surface area (Å²) in [5, 5.41) is 8.44. The lowest BCUT2D eigenvalue weighted by Gasteiger charge is -2.16. The molecule has 14 heavy (non-hydrogen) atoms. The summed E-state index contributed by atoms with van der Waals surface area (Å²) in [6.45, 7) is 9.33. The van der Waals surface area contributed by atoms with Gasteiger partial charge in [0.1, 0.15) is 6.10 Å². The average molecular weight is 202 g/mol. The summed E-state index contributed by atoms with van der Waals surface area (Å²) in [6.07, 6.45) is 0.649. The number of carbonyl (C=O) groups is 1. The second-order valence-electron chi connectivity index (χ2n) is 3.62. The van der Waals surface area contributed by atoms with Crippen LogP contribution in [-0.2, 0) is 14.4 Å². The van der Waals surface area contributed by atoms with Gasteiger partial charge in [-0.2, -0.15) is 0 Å². The highest BCUT2D eigenvalue weighted by atomic mass is 17.1. The van der Waals surface area contributed by atoms with Gasteiger partial charge in [0, 0.05) is 0 Å². The second-order valence-corrected chi connectivity index (χ2v) is 3.62. The molecule has 0 aliphatic heterocycles. The van der Waals surface area contributed by atoms with Crippen LogP contribution in [0.25, 0.3) is 0 Å². The molecule has 0 rings (SSSR count). The van der Waals surface area contributed by atoms with Gasteiger partial charge in [0.05, 0.1) is 12.5 Å². The molecule has 0 aliphatic rings. The van der Waals surface area contributed by atoms with E-state index in [-0.39, 0.29) is 0 Å². The molecule has 4 heteroatoms. The minimum absolute atomic E-state index is 0.295. The summed E-state index contributed by atoms with van der Waals surface area (Å²) in [5.41, 5.74) is 0. The highest BCUT2D eigenvalue weighted by molar-refractivity contribution is 5.73. The molecule has 0 unspecified atom stereocenters. The average Bonchev–Trinajstić information content (AvgIpc) is 2.15. The fourth-order valence-corrected chi connectivity index (χ4v) is 0.853. The van der Waals surface area contributed by atoms with Gasteiger partial charge in [-0.3, -0.25) is 10.1 Å². The van der Waals surface area contributed by atoms with Crippen molar-refractivity contribution in [2.24, 2.45) is 11.8 Å². The zero-order valence-corrected chi connectivity index (χ0v) is 8.90. The van der Waals surface area contributed by atoms with Crippen molar-refractivity contribution in [2.75, 3.05) is 6.61 Å². The lowest BCUT2D eigenvalue weighted by atomic mass is 10.1. The molecule has 0 aromatic carbocycles. The number of hydrogen-bond donors (Lipinski definition) is 1. The van der Waals surface area contributed by atoms with Crippen molar-refractivity contribution in [2.45, 2.75) is 26.9 Å². The topological polar surface area (TPSA) is 55.8 Å². The Kier molecular flexibility index (Phi) is 6.16. The second kappa shape index (κ2) is 6.56. The summed E-state index contributed by atoms with van der Waals surface area (Å²) in [5.74, 6) is -0.641. The van der Waals surface area contributed by atoms with Gasteiger partial charge >= 0.3 is 5.97 Å². The normalized spacial score (nSPS) is 14.9. The van der Waals surface area contributed by atoms with Crippen LogP contribution in [0.1, 0.15) is 20.8 Å². The predicted octanol–water partition coefficient (Wildman–Crippen LogP) is 1.87. The third kappa shape index (κ3) is 4.39. The third-order valence-electron chi connectivity index (χ3n) is 1.78. The molecule has 0 amide bonds. The largest absolute Gasteiger partial charge is 0.465 e. The minimum Gasteiger partial charge on any atom is -0.465 e. The Bertz CT molecular complexity index is 189. The molecule has 0 bridgehead atoms. The smallest absolute Gasteiger partial charge is 0.311 e. The Morgan fingerprint density at radius 3 is 2.43 bits per heavy atom. The Hall–Kier alpha value is -0.870. The van der Waals surface area contributed by atoms with E-state index in [4.69, 9.17) is 9.99 Å². The lowest BCUT2D eigenvalue weighted by molar-refractivity contribution is -0.275. The Morgan fingerprint density at radius 1 is 1.50 bits per heavy atom. The van der Waals surface area contributed by atoms with Crippen LogP contribution in [0.15, 0.2) is 12.7 Å². The SMILES string of the molecule is C=C[C@H](OO)[C@@H](C)C(=O)OCC(C)C.